The molecule has 5 heteroatoms. The molecule has 3 aromatic carbocycles. The number of carbonyl (C=O) groups is 1. The molecule has 1 N–H and O–H groups in total. The molecule has 3 aromatic rings. The average Bonchev–Trinajstić information content (AvgIpc) is 2.79. The molecule has 0 aromatic heterocycles. The van der Waals surface area contributed by atoms with Gasteiger partial charge in [0, 0.05) is 11.1 Å². The van der Waals surface area contributed by atoms with Gasteiger partial charge in [0.05, 0.1) is 19.8 Å². The van der Waals surface area contributed by atoms with Gasteiger partial charge in [-0.3, -0.25) is 4.79 Å². The minimum Gasteiger partial charge on any atom is -0.497 e. The number of ether oxygens (including phenoxy) is 3. The van der Waals surface area contributed by atoms with Crippen LogP contribution in [0.3, 0.4) is 0 Å². The maximum absolute atomic E-state index is 12.8. The van der Waals surface area contributed by atoms with Crippen LogP contribution in [0.5, 0.6) is 17.2 Å². The van der Waals surface area contributed by atoms with Crippen LogP contribution in [0.4, 0.5) is 0 Å². The highest BCUT2D eigenvalue weighted by molar-refractivity contribution is 5.94. The number of rotatable bonds is 9. The molecule has 0 spiro atoms. The van der Waals surface area contributed by atoms with Crippen LogP contribution in [0.2, 0.25) is 0 Å². The highest BCUT2D eigenvalue weighted by Crippen LogP contribution is 2.24. The molecule has 0 unspecified atom stereocenters. The summed E-state index contributed by atoms with van der Waals surface area (Å²) in [7, 11) is 1.62. The first-order chi connectivity index (χ1) is 14.6. The molecule has 5 nitrogen and oxygen atoms in total. The zero-order valence-electron chi connectivity index (χ0n) is 17.6. The van der Waals surface area contributed by atoms with E-state index in [1.165, 1.54) is 0 Å². The summed E-state index contributed by atoms with van der Waals surface area (Å²) in [6, 6.07) is 22.6. The van der Waals surface area contributed by atoms with Crippen LogP contribution in [-0.4, -0.2) is 19.6 Å². The first-order valence-corrected chi connectivity index (χ1v) is 9.99. The molecular weight excluding hydrogens is 378 g/mol. The summed E-state index contributed by atoms with van der Waals surface area (Å²) >= 11 is 0. The van der Waals surface area contributed by atoms with Crippen LogP contribution in [0.1, 0.15) is 41.4 Å². The molecule has 0 radical (unpaired) electrons. The third-order valence-corrected chi connectivity index (χ3v) is 4.72. The number of carbonyl (C=O) groups excluding carboxylic acids is 1. The van der Waals surface area contributed by atoms with Gasteiger partial charge >= 0.3 is 0 Å². The average molecular weight is 405 g/mol. The molecule has 30 heavy (non-hydrogen) atoms. The quantitative estimate of drug-likeness (QED) is 0.534. The summed E-state index contributed by atoms with van der Waals surface area (Å²) in [6.45, 7) is 4.72. The monoisotopic (exact) mass is 405 g/mol. The predicted octanol–water partition coefficient (Wildman–Crippen LogP) is 5.16. The minimum absolute atomic E-state index is 0.0933. The summed E-state index contributed by atoms with van der Waals surface area (Å²) < 4.78 is 16.8. The van der Waals surface area contributed by atoms with Crippen LogP contribution in [0.25, 0.3) is 0 Å². The van der Waals surface area contributed by atoms with Gasteiger partial charge in [-0.2, -0.15) is 0 Å². The number of nitrogens with one attached hydrogen (secondary N) is 1. The minimum atomic E-state index is -0.139. The summed E-state index contributed by atoms with van der Waals surface area (Å²) in [4.78, 5) is 12.8. The van der Waals surface area contributed by atoms with Gasteiger partial charge in [-0.1, -0.05) is 30.3 Å². The lowest BCUT2D eigenvalue weighted by Crippen LogP contribution is -2.26. The van der Waals surface area contributed by atoms with Crippen LogP contribution < -0.4 is 19.5 Å². The summed E-state index contributed by atoms with van der Waals surface area (Å²) in [5.41, 5.74) is 2.43. The van der Waals surface area contributed by atoms with Crippen molar-refractivity contribution >= 4 is 5.91 Å². The number of hydrogen-bond donors (Lipinski definition) is 1. The normalized spacial score (nSPS) is 11.4. The lowest BCUT2D eigenvalue weighted by Gasteiger charge is -2.16. The van der Waals surface area contributed by atoms with Gasteiger partial charge in [-0.25, -0.2) is 0 Å². The third-order valence-electron chi connectivity index (χ3n) is 4.72. The smallest absolute Gasteiger partial charge is 0.251 e. The molecule has 1 amide bonds. The molecule has 0 saturated carbocycles. The third kappa shape index (κ3) is 5.54. The van der Waals surface area contributed by atoms with Crippen molar-refractivity contribution in [1.29, 1.82) is 0 Å². The molecule has 0 aliphatic carbocycles. The molecule has 0 saturated heterocycles. The van der Waals surface area contributed by atoms with Crippen molar-refractivity contribution in [3.63, 3.8) is 0 Å². The molecule has 0 bridgehead atoms. The van der Waals surface area contributed by atoms with Gasteiger partial charge in [-0.05, 0) is 61.9 Å². The van der Waals surface area contributed by atoms with E-state index in [1.54, 1.807) is 13.2 Å². The fourth-order valence-electron chi connectivity index (χ4n) is 3.07. The van der Waals surface area contributed by atoms with Crippen molar-refractivity contribution in [2.75, 3.05) is 13.7 Å². The number of methoxy groups -OCH3 is 1. The van der Waals surface area contributed by atoms with E-state index in [2.05, 4.69) is 5.32 Å². The Bertz CT molecular complexity index is 955. The summed E-state index contributed by atoms with van der Waals surface area (Å²) in [6.07, 6.45) is 0. The lowest BCUT2D eigenvalue weighted by atomic mass is 10.1. The van der Waals surface area contributed by atoms with E-state index in [0.717, 1.165) is 16.9 Å². The molecule has 0 heterocycles. The molecule has 156 valence electrons. The molecule has 0 fully saturated rings. The van der Waals surface area contributed by atoms with Crippen molar-refractivity contribution in [2.24, 2.45) is 0 Å². The van der Waals surface area contributed by atoms with E-state index < -0.39 is 0 Å². The van der Waals surface area contributed by atoms with E-state index in [9.17, 15) is 4.79 Å². The van der Waals surface area contributed by atoms with E-state index in [0.29, 0.717) is 23.7 Å². The zero-order chi connectivity index (χ0) is 21.3. The van der Waals surface area contributed by atoms with Gasteiger partial charge in [0.15, 0.2) is 0 Å². The molecule has 0 aliphatic heterocycles. The first-order valence-electron chi connectivity index (χ1n) is 9.99. The Morgan fingerprint density at radius 3 is 2.30 bits per heavy atom. The van der Waals surface area contributed by atoms with Crippen LogP contribution in [-0.2, 0) is 6.61 Å². The SMILES string of the molecule is CCOc1ccc(C(=O)N[C@H](C)c2ccccc2)cc1COc1ccc(OC)cc1. The Labute approximate surface area is 177 Å². The van der Waals surface area contributed by atoms with Gasteiger partial charge in [0.25, 0.3) is 5.91 Å². The van der Waals surface area contributed by atoms with E-state index in [-0.39, 0.29) is 18.6 Å². The van der Waals surface area contributed by atoms with Gasteiger partial charge in [0.1, 0.15) is 23.9 Å². The van der Waals surface area contributed by atoms with Crippen LogP contribution >= 0.6 is 0 Å². The Morgan fingerprint density at radius 1 is 0.933 bits per heavy atom. The van der Waals surface area contributed by atoms with Crippen molar-refractivity contribution in [3.8, 4) is 17.2 Å². The largest absolute Gasteiger partial charge is 0.497 e. The van der Waals surface area contributed by atoms with E-state index in [1.807, 2.05) is 80.6 Å². The van der Waals surface area contributed by atoms with Crippen molar-refractivity contribution in [1.82, 2.24) is 5.32 Å². The first kappa shape index (κ1) is 21.2. The number of amides is 1. The van der Waals surface area contributed by atoms with Gasteiger partial charge < -0.3 is 19.5 Å². The van der Waals surface area contributed by atoms with Crippen LogP contribution in [0, 0.1) is 0 Å². The van der Waals surface area contributed by atoms with E-state index >= 15 is 0 Å². The summed E-state index contributed by atoms with van der Waals surface area (Å²) in [5.74, 6) is 2.05. The second-order valence-corrected chi connectivity index (χ2v) is 6.83. The maximum atomic E-state index is 12.8. The lowest BCUT2D eigenvalue weighted by molar-refractivity contribution is 0.0939. The number of hydrogen-bond acceptors (Lipinski definition) is 4. The second-order valence-electron chi connectivity index (χ2n) is 6.83. The highest BCUT2D eigenvalue weighted by atomic mass is 16.5. The highest BCUT2D eigenvalue weighted by Gasteiger charge is 2.14. The topological polar surface area (TPSA) is 56.8 Å². The summed E-state index contributed by atoms with van der Waals surface area (Å²) in [5, 5.41) is 3.04. The fourth-order valence-corrected chi connectivity index (χ4v) is 3.07. The van der Waals surface area contributed by atoms with Crippen molar-refractivity contribution in [3.05, 3.63) is 89.5 Å². The van der Waals surface area contributed by atoms with Crippen LogP contribution in [0.15, 0.2) is 72.8 Å². The van der Waals surface area contributed by atoms with Gasteiger partial charge in [0.2, 0.25) is 0 Å². The molecule has 0 aliphatic rings. The zero-order valence-corrected chi connectivity index (χ0v) is 17.6. The van der Waals surface area contributed by atoms with Gasteiger partial charge in [-0.15, -0.1) is 0 Å². The molecular formula is C25H27NO4. The Morgan fingerprint density at radius 2 is 1.63 bits per heavy atom. The Balaban J connectivity index is 1.73. The molecule has 1 atom stereocenters. The Hall–Kier alpha value is -3.47. The maximum Gasteiger partial charge on any atom is 0.251 e. The van der Waals surface area contributed by atoms with Crippen molar-refractivity contribution in [2.45, 2.75) is 26.5 Å². The fraction of sp³-hybridized carbons (Fsp3) is 0.240. The van der Waals surface area contributed by atoms with E-state index in [4.69, 9.17) is 14.2 Å². The predicted molar refractivity (Wildman–Crippen MR) is 117 cm³/mol. The number of benzene rings is 3. The molecule has 3 rings (SSSR count). The van der Waals surface area contributed by atoms with Crippen molar-refractivity contribution < 1.29 is 19.0 Å². The second kappa shape index (κ2) is 10.3. The standard InChI is InChI=1S/C25H27NO4/c1-4-29-24-15-10-20(25(27)26-18(2)19-8-6-5-7-9-19)16-21(24)17-30-23-13-11-22(28-3)12-14-23/h5-16,18H,4,17H2,1-3H3,(H,26,27)/t18-/m1/s1. The Kier molecular flexibility index (Phi) is 7.33.